The minimum Gasteiger partial charge on any atom is -0.472 e. The number of nitrogens with one attached hydrogen (secondary N) is 1. The van der Waals surface area contributed by atoms with E-state index in [9.17, 15) is 4.79 Å². The Balaban J connectivity index is 1.91. The minimum absolute atomic E-state index is 0.216. The van der Waals surface area contributed by atoms with Gasteiger partial charge in [0.05, 0.1) is 0 Å². The zero-order chi connectivity index (χ0) is 13.2. The van der Waals surface area contributed by atoms with E-state index in [2.05, 4.69) is 10.3 Å². The second-order valence-electron chi connectivity index (χ2n) is 4.28. The third-order valence-corrected chi connectivity index (χ3v) is 3.01. The van der Waals surface area contributed by atoms with Crippen LogP contribution in [0.5, 0.6) is 5.75 Å². The van der Waals surface area contributed by atoms with Crippen LogP contribution in [-0.4, -0.2) is 10.9 Å². The molecule has 1 amide bonds. The predicted octanol–water partition coefficient (Wildman–Crippen LogP) is 1.61. The highest BCUT2D eigenvalue weighted by molar-refractivity contribution is 5.97. The van der Waals surface area contributed by atoms with Crippen molar-refractivity contribution in [2.75, 3.05) is 5.32 Å². The number of nitrogens with zero attached hydrogens (tertiary/aromatic N) is 1. The Morgan fingerprint density at radius 2 is 2.05 bits per heavy atom. The van der Waals surface area contributed by atoms with Gasteiger partial charge in [-0.05, 0) is 17.7 Å². The minimum atomic E-state index is -0.650. The highest BCUT2D eigenvalue weighted by atomic mass is 16.5. The predicted molar refractivity (Wildman–Crippen MR) is 70.6 cm³/mol. The van der Waals surface area contributed by atoms with Crippen molar-refractivity contribution in [3.63, 3.8) is 0 Å². The summed E-state index contributed by atoms with van der Waals surface area (Å²) in [5.74, 6) is 0.823. The molecule has 2 aromatic rings. The van der Waals surface area contributed by atoms with Gasteiger partial charge in [-0.2, -0.15) is 0 Å². The summed E-state index contributed by atoms with van der Waals surface area (Å²) < 4.78 is 5.70. The number of hydrogen-bond acceptors (Lipinski definition) is 4. The van der Waals surface area contributed by atoms with E-state index in [4.69, 9.17) is 10.5 Å². The lowest BCUT2D eigenvalue weighted by Crippen LogP contribution is -2.30. The van der Waals surface area contributed by atoms with Crippen LogP contribution in [0.25, 0.3) is 0 Å². The summed E-state index contributed by atoms with van der Waals surface area (Å²) in [4.78, 5) is 16.1. The van der Waals surface area contributed by atoms with E-state index in [1.54, 1.807) is 18.3 Å². The number of nitrogens with two attached hydrogens (primary N) is 1. The molecule has 2 heterocycles. The highest BCUT2D eigenvalue weighted by Gasteiger charge is 2.29. The second kappa shape index (κ2) is 4.70. The number of carbonyl (C=O) groups excluding carboxylic acids is 1. The SMILES string of the molecule is NCc1ccc(C2Oc3cccnc3NC2=O)cc1. The van der Waals surface area contributed by atoms with Gasteiger partial charge in [0.25, 0.3) is 5.91 Å². The molecule has 3 rings (SSSR count). The average molecular weight is 255 g/mol. The van der Waals surface area contributed by atoms with Crippen molar-refractivity contribution in [1.82, 2.24) is 4.98 Å². The number of rotatable bonds is 2. The summed E-state index contributed by atoms with van der Waals surface area (Å²) in [6, 6.07) is 11.0. The van der Waals surface area contributed by atoms with Crippen LogP contribution in [0.2, 0.25) is 0 Å². The molecule has 19 heavy (non-hydrogen) atoms. The first kappa shape index (κ1) is 11.7. The Morgan fingerprint density at radius 1 is 1.26 bits per heavy atom. The number of carbonyl (C=O) groups is 1. The lowest BCUT2D eigenvalue weighted by molar-refractivity contribution is -0.123. The van der Waals surface area contributed by atoms with E-state index < -0.39 is 6.10 Å². The molecule has 1 atom stereocenters. The van der Waals surface area contributed by atoms with Gasteiger partial charge in [0, 0.05) is 18.3 Å². The molecule has 5 heteroatoms. The fourth-order valence-electron chi connectivity index (χ4n) is 1.99. The largest absolute Gasteiger partial charge is 0.472 e. The third kappa shape index (κ3) is 2.15. The number of pyridine rings is 1. The van der Waals surface area contributed by atoms with Crippen LogP contribution >= 0.6 is 0 Å². The normalized spacial score (nSPS) is 17.3. The molecule has 1 aromatic heterocycles. The maximum Gasteiger partial charge on any atom is 0.271 e. The summed E-state index contributed by atoms with van der Waals surface area (Å²) >= 11 is 0. The number of aromatic nitrogens is 1. The zero-order valence-corrected chi connectivity index (χ0v) is 10.2. The molecule has 0 spiro atoms. The van der Waals surface area contributed by atoms with Crippen LogP contribution < -0.4 is 15.8 Å². The molecule has 0 fully saturated rings. The molecule has 1 aromatic carbocycles. The second-order valence-corrected chi connectivity index (χ2v) is 4.28. The van der Waals surface area contributed by atoms with Crippen LogP contribution in [0.3, 0.4) is 0 Å². The van der Waals surface area contributed by atoms with Gasteiger partial charge in [-0.3, -0.25) is 4.79 Å². The summed E-state index contributed by atoms with van der Waals surface area (Å²) in [7, 11) is 0. The van der Waals surface area contributed by atoms with Crippen LogP contribution in [0.4, 0.5) is 5.82 Å². The molecule has 1 aliphatic heterocycles. The van der Waals surface area contributed by atoms with Crippen LogP contribution in [-0.2, 0) is 11.3 Å². The van der Waals surface area contributed by atoms with Gasteiger partial charge in [-0.1, -0.05) is 24.3 Å². The van der Waals surface area contributed by atoms with E-state index in [0.717, 1.165) is 11.1 Å². The molecule has 0 saturated heterocycles. The Bertz CT molecular complexity index is 610. The zero-order valence-electron chi connectivity index (χ0n) is 10.2. The van der Waals surface area contributed by atoms with Crippen molar-refractivity contribution < 1.29 is 9.53 Å². The highest BCUT2D eigenvalue weighted by Crippen LogP contribution is 2.32. The molecule has 1 aliphatic rings. The fraction of sp³-hybridized carbons (Fsp3) is 0.143. The Morgan fingerprint density at radius 3 is 2.79 bits per heavy atom. The molecule has 3 N–H and O–H groups in total. The lowest BCUT2D eigenvalue weighted by atomic mass is 10.1. The summed E-state index contributed by atoms with van der Waals surface area (Å²) in [5.41, 5.74) is 7.36. The fourth-order valence-corrected chi connectivity index (χ4v) is 1.99. The van der Waals surface area contributed by atoms with E-state index in [-0.39, 0.29) is 5.91 Å². The van der Waals surface area contributed by atoms with Crippen molar-refractivity contribution >= 4 is 11.7 Å². The molecule has 5 nitrogen and oxygen atoms in total. The first-order chi connectivity index (χ1) is 9.28. The molecule has 0 radical (unpaired) electrons. The summed E-state index contributed by atoms with van der Waals surface area (Å²) in [5, 5.41) is 2.74. The number of ether oxygens (including phenoxy) is 1. The topological polar surface area (TPSA) is 77.2 Å². The molecule has 1 unspecified atom stereocenters. The molecular weight excluding hydrogens is 242 g/mol. The number of fused-ring (bicyclic) bond motifs is 1. The first-order valence-corrected chi connectivity index (χ1v) is 5.99. The molecule has 0 saturated carbocycles. The van der Waals surface area contributed by atoms with E-state index >= 15 is 0 Å². The Hall–Kier alpha value is -2.40. The smallest absolute Gasteiger partial charge is 0.271 e. The van der Waals surface area contributed by atoms with Crippen molar-refractivity contribution in [3.05, 3.63) is 53.7 Å². The quantitative estimate of drug-likeness (QED) is 0.854. The Kier molecular flexibility index (Phi) is 2.89. The van der Waals surface area contributed by atoms with Gasteiger partial charge < -0.3 is 15.8 Å². The number of benzene rings is 1. The van der Waals surface area contributed by atoms with E-state index in [1.165, 1.54) is 0 Å². The monoisotopic (exact) mass is 255 g/mol. The number of anilines is 1. The van der Waals surface area contributed by atoms with Gasteiger partial charge in [-0.15, -0.1) is 0 Å². The van der Waals surface area contributed by atoms with Crippen molar-refractivity contribution in [2.45, 2.75) is 12.6 Å². The third-order valence-electron chi connectivity index (χ3n) is 3.01. The van der Waals surface area contributed by atoms with Gasteiger partial charge >= 0.3 is 0 Å². The number of amides is 1. The molecule has 0 aliphatic carbocycles. The van der Waals surface area contributed by atoms with E-state index in [0.29, 0.717) is 18.1 Å². The lowest BCUT2D eigenvalue weighted by Gasteiger charge is -2.25. The van der Waals surface area contributed by atoms with E-state index in [1.807, 2.05) is 24.3 Å². The van der Waals surface area contributed by atoms with Crippen molar-refractivity contribution in [2.24, 2.45) is 5.73 Å². The summed E-state index contributed by atoms with van der Waals surface area (Å²) in [6.07, 6.45) is 0.960. The van der Waals surface area contributed by atoms with Crippen molar-refractivity contribution in [1.29, 1.82) is 0 Å². The maximum absolute atomic E-state index is 12.0. The van der Waals surface area contributed by atoms with Crippen LogP contribution in [0.15, 0.2) is 42.6 Å². The van der Waals surface area contributed by atoms with Crippen molar-refractivity contribution in [3.8, 4) is 5.75 Å². The van der Waals surface area contributed by atoms with Gasteiger partial charge in [0.15, 0.2) is 11.6 Å². The van der Waals surface area contributed by atoms with Gasteiger partial charge in [0.2, 0.25) is 6.10 Å². The summed E-state index contributed by atoms with van der Waals surface area (Å²) in [6.45, 7) is 0.477. The van der Waals surface area contributed by atoms with Gasteiger partial charge in [-0.25, -0.2) is 4.98 Å². The molecule has 0 bridgehead atoms. The van der Waals surface area contributed by atoms with Gasteiger partial charge in [0.1, 0.15) is 0 Å². The van der Waals surface area contributed by atoms with Crippen LogP contribution in [0.1, 0.15) is 17.2 Å². The Labute approximate surface area is 110 Å². The maximum atomic E-state index is 12.0. The first-order valence-electron chi connectivity index (χ1n) is 5.99. The van der Waals surface area contributed by atoms with Crippen LogP contribution in [0, 0.1) is 0 Å². The average Bonchev–Trinajstić information content (AvgIpc) is 2.47. The molecule has 96 valence electrons. The standard InChI is InChI=1S/C14H13N3O2/c15-8-9-3-5-10(6-4-9)12-14(18)17-13-11(19-12)2-1-7-16-13/h1-7,12H,8,15H2,(H,16,17,18). The molecular formula is C14H13N3O2. The number of hydrogen-bond donors (Lipinski definition) is 2.